The molecule has 0 aliphatic heterocycles. The van der Waals surface area contributed by atoms with Crippen molar-refractivity contribution in [2.75, 3.05) is 0 Å². The van der Waals surface area contributed by atoms with Gasteiger partial charge in [0.25, 0.3) is 0 Å². The molecule has 0 spiro atoms. The van der Waals surface area contributed by atoms with Gasteiger partial charge in [-0.15, -0.1) is 0 Å². The zero-order valence-corrected chi connectivity index (χ0v) is 10.9. The molecule has 18 heavy (non-hydrogen) atoms. The number of nitrogens with zero attached hydrogens (tertiary/aromatic N) is 1. The Morgan fingerprint density at radius 2 is 2.11 bits per heavy atom. The van der Waals surface area contributed by atoms with Crippen LogP contribution in [0.15, 0.2) is 36.5 Å². The zero-order valence-electron chi connectivity index (χ0n) is 10.2. The van der Waals surface area contributed by atoms with Gasteiger partial charge in [0.1, 0.15) is 12.4 Å². The van der Waals surface area contributed by atoms with Gasteiger partial charge in [-0.25, -0.2) is 0 Å². The number of rotatable bonds is 4. The Bertz CT molecular complexity index is 526. The van der Waals surface area contributed by atoms with Gasteiger partial charge in [-0.3, -0.25) is 4.98 Å². The number of ether oxygens (including phenoxy) is 1. The van der Waals surface area contributed by atoms with E-state index < -0.39 is 0 Å². The van der Waals surface area contributed by atoms with E-state index in [-0.39, 0.29) is 0 Å². The number of halogens is 1. The van der Waals surface area contributed by atoms with E-state index in [1.54, 1.807) is 6.20 Å². The Kier molecular flexibility index (Phi) is 4.18. The fraction of sp³-hybridized carbons (Fsp3) is 0.214. The van der Waals surface area contributed by atoms with Crippen molar-refractivity contribution < 1.29 is 4.74 Å². The van der Waals surface area contributed by atoms with Crippen molar-refractivity contribution in [2.24, 2.45) is 5.73 Å². The van der Waals surface area contributed by atoms with Crippen LogP contribution in [0.25, 0.3) is 0 Å². The lowest BCUT2D eigenvalue weighted by molar-refractivity contribution is 0.305. The number of benzene rings is 1. The summed E-state index contributed by atoms with van der Waals surface area (Å²) in [6.07, 6.45) is 1.71. The standard InChI is InChI=1S/C14H15ClN2O/c1-10-2-5-13(8-17-10)18-9-12-4-3-11(7-16)6-14(12)15/h2-6,8H,7,9,16H2,1H3. The van der Waals surface area contributed by atoms with Crippen LogP contribution >= 0.6 is 11.6 Å². The van der Waals surface area contributed by atoms with Gasteiger partial charge in [-0.1, -0.05) is 23.7 Å². The van der Waals surface area contributed by atoms with Gasteiger partial charge in [-0.05, 0) is 30.7 Å². The van der Waals surface area contributed by atoms with E-state index in [0.717, 1.165) is 22.6 Å². The van der Waals surface area contributed by atoms with Crippen LogP contribution in [-0.4, -0.2) is 4.98 Å². The summed E-state index contributed by atoms with van der Waals surface area (Å²) in [5.74, 6) is 0.736. The molecule has 0 unspecified atom stereocenters. The molecule has 0 bridgehead atoms. The van der Waals surface area contributed by atoms with Crippen LogP contribution < -0.4 is 10.5 Å². The molecule has 2 aromatic rings. The maximum absolute atomic E-state index is 6.15. The van der Waals surface area contributed by atoms with Crippen molar-refractivity contribution in [2.45, 2.75) is 20.1 Å². The predicted molar refractivity (Wildman–Crippen MR) is 72.6 cm³/mol. The molecule has 94 valence electrons. The van der Waals surface area contributed by atoms with Crippen LogP contribution in [0.3, 0.4) is 0 Å². The van der Waals surface area contributed by atoms with Crippen LogP contribution in [0.4, 0.5) is 0 Å². The third kappa shape index (κ3) is 3.22. The fourth-order valence-corrected chi connectivity index (χ4v) is 1.79. The maximum Gasteiger partial charge on any atom is 0.138 e. The predicted octanol–water partition coefficient (Wildman–Crippen LogP) is 3.08. The highest BCUT2D eigenvalue weighted by molar-refractivity contribution is 6.31. The van der Waals surface area contributed by atoms with E-state index in [1.165, 1.54) is 0 Å². The molecular weight excluding hydrogens is 248 g/mol. The summed E-state index contributed by atoms with van der Waals surface area (Å²) in [7, 11) is 0. The van der Waals surface area contributed by atoms with Crippen LogP contribution in [0, 0.1) is 6.92 Å². The summed E-state index contributed by atoms with van der Waals surface area (Å²) < 4.78 is 5.62. The lowest BCUT2D eigenvalue weighted by atomic mass is 10.1. The van der Waals surface area contributed by atoms with Crippen LogP contribution in [0.2, 0.25) is 5.02 Å². The summed E-state index contributed by atoms with van der Waals surface area (Å²) in [5.41, 5.74) is 8.47. The van der Waals surface area contributed by atoms with Gasteiger partial charge < -0.3 is 10.5 Å². The molecule has 0 amide bonds. The van der Waals surface area contributed by atoms with Gasteiger partial charge in [0.05, 0.1) is 6.20 Å². The van der Waals surface area contributed by atoms with E-state index in [9.17, 15) is 0 Å². The van der Waals surface area contributed by atoms with Gasteiger partial charge in [0, 0.05) is 22.8 Å². The van der Waals surface area contributed by atoms with Gasteiger partial charge >= 0.3 is 0 Å². The molecule has 3 nitrogen and oxygen atoms in total. The van der Waals surface area contributed by atoms with Crippen molar-refractivity contribution in [1.82, 2.24) is 4.98 Å². The Labute approximate surface area is 112 Å². The average Bonchev–Trinajstić information content (AvgIpc) is 2.39. The lowest BCUT2D eigenvalue weighted by Gasteiger charge is -2.08. The first kappa shape index (κ1) is 12.9. The van der Waals surface area contributed by atoms with Crippen molar-refractivity contribution in [3.8, 4) is 5.75 Å². The molecule has 0 saturated carbocycles. The third-order valence-electron chi connectivity index (χ3n) is 2.63. The van der Waals surface area contributed by atoms with Crippen LogP contribution in [0.1, 0.15) is 16.8 Å². The van der Waals surface area contributed by atoms with E-state index in [2.05, 4.69) is 4.98 Å². The van der Waals surface area contributed by atoms with Crippen LogP contribution in [0.5, 0.6) is 5.75 Å². The molecule has 2 rings (SSSR count). The molecule has 0 atom stereocenters. The molecule has 0 fully saturated rings. The van der Waals surface area contributed by atoms with Gasteiger partial charge in [0.2, 0.25) is 0 Å². The van der Waals surface area contributed by atoms with Crippen molar-refractivity contribution in [3.63, 3.8) is 0 Å². The van der Waals surface area contributed by atoms with E-state index in [4.69, 9.17) is 22.1 Å². The normalized spacial score (nSPS) is 10.4. The highest BCUT2D eigenvalue weighted by Crippen LogP contribution is 2.20. The van der Waals surface area contributed by atoms with Gasteiger partial charge in [-0.2, -0.15) is 0 Å². The van der Waals surface area contributed by atoms with Crippen molar-refractivity contribution in [1.29, 1.82) is 0 Å². The Morgan fingerprint density at radius 1 is 1.28 bits per heavy atom. The van der Waals surface area contributed by atoms with Crippen molar-refractivity contribution in [3.05, 3.63) is 58.4 Å². The summed E-state index contributed by atoms with van der Waals surface area (Å²) >= 11 is 6.15. The molecule has 1 heterocycles. The molecule has 0 radical (unpaired) electrons. The highest BCUT2D eigenvalue weighted by atomic mass is 35.5. The number of pyridine rings is 1. The Hall–Kier alpha value is -1.58. The zero-order chi connectivity index (χ0) is 13.0. The highest BCUT2D eigenvalue weighted by Gasteiger charge is 2.03. The number of aryl methyl sites for hydroxylation is 1. The molecule has 0 saturated heterocycles. The molecule has 1 aromatic carbocycles. The SMILES string of the molecule is Cc1ccc(OCc2ccc(CN)cc2Cl)cn1. The monoisotopic (exact) mass is 262 g/mol. The summed E-state index contributed by atoms with van der Waals surface area (Å²) in [4.78, 5) is 4.17. The summed E-state index contributed by atoms with van der Waals surface area (Å²) in [6.45, 7) is 2.85. The smallest absolute Gasteiger partial charge is 0.138 e. The largest absolute Gasteiger partial charge is 0.487 e. The average molecular weight is 263 g/mol. The first-order chi connectivity index (χ1) is 8.69. The lowest BCUT2D eigenvalue weighted by Crippen LogP contribution is -2.00. The molecule has 2 N–H and O–H groups in total. The second-order valence-electron chi connectivity index (χ2n) is 4.05. The minimum Gasteiger partial charge on any atom is -0.487 e. The van der Waals surface area contributed by atoms with E-state index in [1.807, 2.05) is 37.3 Å². The fourth-order valence-electron chi connectivity index (χ4n) is 1.54. The number of hydrogen-bond donors (Lipinski definition) is 1. The molecule has 4 heteroatoms. The number of nitrogens with two attached hydrogens (primary N) is 1. The Balaban J connectivity index is 2.04. The summed E-state index contributed by atoms with van der Waals surface area (Å²) in [6, 6.07) is 9.57. The van der Waals surface area contributed by atoms with Gasteiger partial charge in [0.15, 0.2) is 0 Å². The maximum atomic E-state index is 6.15. The van der Waals surface area contributed by atoms with Crippen LogP contribution in [-0.2, 0) is 13.2 Å². The molecule has 1 aromatic heterocycles. The topological polar surface area (TPSA) is 48.1 Å². The minimum atomic E-state index is 0.425. The summed E-state index contributed by atoms with van der Waals surface area (Å²) in [5, 5.41) is 0.679. The quantitative estimate of drug-likeness (QED) is 0.921. The third-order valence-corrected chi connectivity index (χ3v) is 2.98. The molecular formula is C14H15ClN2O. The second kappa shape index (κ2) is 5.85. The second-order valence-corrected chi connectivity index (χ2v) is 4.46. The minimum absolute atomic E-state index is 0.425. The van der Waals surface area contributed by atoms with E-state index >= 15 is 0 Å². The Morgan fingerprint density at radius 3 is 2.72 bits per heavy atom. The number of hydrogen-bond acceptors (Lipinski definition) is 3. The number of aromatic nitrogens is 1. The molecule has 0 aliphatic carbocycles. The molecule has 0 aliphatic rings. The first-order valence-electron chi connectivity index (χ1n) is 5.72. The van der Waals surface area contributed by atoms with Crippen molar-refractivity contribution >= 4 is 11.6 Å². The first-order valence-corrected chi connectivity index (χ1v) is 6.09. The van der Waals surface area contributed by atoms with E-state index in [0.29, 0.717) is 18.2 Å².